The molecule has 0 aliphatic carbocycles. The largest absolute Gasteiger partial charge is 0.370 e. The lowest BCUT2D eigenvalue weighted by Gasteiger charge is -2.36. The summed E-state index contributed by atoms with van der Waals surface area (Å²) in [6.45, 7) is 5.82. The Morgan fingerprint density at radius 1 is 1.28 bits per heavy atom. The molecule has 2 heteroatoms. The van der Waals surface area contributed by atoms with Crippen molar-refractivity contribution >= 4 is 5.69 Å². The van der Waals surface area contributed by atoms with Gasteiger partial charge in [0.25, 0.3) is 0 Å². The first kappa shape index (κ1) is 12.0. The van der Waals surface area contributed by atoms with Crippen LogP contribution in [0.1, 0.15) is 36.8 Å². The lowest BCUT2D eigenvalue weighted by Crippen LogP contribution is -2.45. The molecule has 2 nitrogen and oxygen atoms in total. The van der Waals surface area contributed by atoms with E-state index in [0.29, 0.717) is 6.04 Å². The number of benzene rings is 1. The number of nitrogens with one attached hydrogen (secondary N) is 1. The van der Waals surface area contributed by atoms with Gasteiger partial charge in [-0.05, 0) is 50.8 Å². The molecular formula is C16H24N2. The van der Waals surface area contributed by atoms with Gasteiger partial charge >= 0.3 is 0 Å². The van der Waals surface area contributed by atoms with Gasteiger partial charge in [0.15, 0.2) is 0 Å². The minimum Gasteiger partial charge on any atom is -0.370 e. The molecule has 1 fully saturated rings. The van der Waals surface area contributed by atoms with Crippen LogP contribution in [0.25, 0.3) is 0 Å². The second kappa shape index (κ2) is 5.31. The van der Waals surface area contributed by atoms with Crippen molar-refractivity contribution < 1.29 is 0 Å². The van der Waals surface area contributed by atoms with E-state index in [1.807, 2.05) is 0 Å². The number of nitrogens with zero attached hydrogens (tertiary/aromatic N) is 1. The number of rotatable bonds is 2. The molecule has 1 aromatic carbocycles. The Balaban J connectivity index is 1.74. The monoisotopic (exact) mass is 244 g/mol. The van der Waals surface area contributed by atoms with E-state index in [1.54, 1.807) is 5.56 Å². The molecule has 1 aromatic rings. The molecule has 1 saturated heterocycles. The molecule has 2 aliphatic heterocycles. The Bertz CT molecular complexity index is 408. The number of anilines is 1. The summed E-state index contributed by atoms with van der Waals surface area (Å²) in [5, 5.41) is 3.67. The standard InChI is InChI=1S/C16H24N2/c1-13-7-8-16-14(11-13)5-4-10-18(16)12-15-6-2-3-9-17-15/h7-8,11,15,17H,2-6,9-10,12H2,1H3. The molecule has 0 aromatic heterocycles. The van der Waals surface area contributed by atoms with Crippen LogP contribution in [0.2, 0.25) is 0 Å². The van der Waals surface area contributed by atoms with Crippen molar-refractivity contribution in [2.75, 3.05) is 24.5 Å². The number of fused-ring (bicyclic) bond motifs is 1. The zero-order chi connectivity index (χ0) is 12.4. The van der Waals surface area contributed by atoms with E-state index in [0.717, 1.165) is 0 Å². The predicted molar refractivity (Wildman–Crippen MR) is 77.4 cm³/mol. The van der Waals surface area contributed by atoms with Crippen LogP contribution in [0.5, 0.6) is 0 Å². The molecular weight excluding hydrogens is 220 g/mol. The van der Waals surface area contributed by atoms with Crippen LogP contribution in [0.4, 0.5) is 5.69 Å². The Morgan fingerprint density at radius 3 is 3.06 bits per heavy atom. The summed E-state index contributed by atoms with van der Waals surface area (Å²) in [4.78, 5) is 2.60. The summed E-state index contributed by atoms with van der Waals surface area (Å²) < 4.78 is 0. The highest BCUT2D eigenvalue weighted by Crippen LogP contribution is 2.28. The first-order valence-corrected chi connectivity index (χ1v) is 7.41. The van der Waals surface area contributed by atoms with Crippen molar-refractivity contribution in [1.82, 2.24) is 5.32 Å². The molecule has 0 amide bonds. The third kappa shape index (κ3) is 2.54. The number of hydrogen-bond donors (Lipinski definition) is 1. The van der Waals surface area contributed by atoms with Crippen molar-refractivity contribution in [3.63, 3.8) is 0 Å². The highest BCUT2D eigenvalue weighted by Gasteiger charge is 2.21. The van der Waals surface area contributed by atoms with Crippen molar-refractivity contribution in [2.45, 2.75) is 45.1 Å². The van der Waals surface area contributed by atoms with Gasteiger partial charge in [-0.15, -0.1) is 0 Å². The van der Waals surface area contributed by atoms with Gasteiger partial charge in [-0.3, -0.25) is 0 Å². The summed E-state index contributed by atoms with van der Waals surface area (Å²) in [7, 11) is 0. The minimum absolute atomic E-state index is 0.700. The van der Waals surface area contributed by atoms with E-state index >= 15 is 0 Å². The Kier molecular flexibility index (Phi) is 3.55. The Labute approximate surface area is 110 Å². The third-order valence-electron chi connectivity index (χ3n) is 4.30. The molecule has 1 atom stereocenters. The summed E-state index contributed by atoms with van der Waals surface area (Å²) >= 11 is 0. The highest BCUT2D eigenvalue weighted by molar-refractivity contribution is 5.56. The Hall–Kier alpha value is -1.02. The topological polar surface area (TPSA) is 15.3 Å². The second-order valence-electron chi connectivity index (χ2n) is 5.83. The molecule has 0 radical (unpaired) electrons. The molecule has 0 bridgehead atoms. The fourth-order valence-electron chi connectivity index (χ4n) is 3.34. The third-order valence-corrected chi connectivity index (χ3v) is 4.30. The van der Waals surface area contributed by atoms with E-state index in [2.05, 4.69) is 35.3 Å². The number of aryl methyl sites for hydroxylation is 2. The van der Waals surface area contributed by atoms with Gasteiger partial charge in [0.1, 0.15) is 0 Å². The van der Waals surface area contributed by atoms with E-state index in [1.165, 1.54) is 63.0 Å². The first-order chi connectivity index (χ1) is 8.83. The fraction of sp³-hybridized carbons (Fsp3) is 0.625. The maximum atomic E-state index is 3.67. The normalized spacial score (nSPS) is 23.8. The highest BCUT2D eigenvalue weighted by atomic mass is 15.2. The van der Waals surface area contributed by atoms with Crippen LogP contribution in [0.3, 0.4) is 0 Å². The van der Waals surface area contributed by atoms with Crippen LogP contribution in [0.15, 0.2) is 18.2 Å². The van der Waals surface area contributed by atoms with Crippen molar-refractivity contribution in [2.24, 2.45) is 0 Å². The van der Waals surface area contributed by atoms with E-state index < -0.39 is 0 Å². The van der Waals surface area contributed by atoms with Gasteiger partial charge in [0.2, 0.25) is 0 Å². The SMILES string of the molecule is Cc1ccc2c(c1)CCCN2CC1CCCCN1. The van der Waals surface area contributed by atoms with Gasteiger partial charge in [-0.1, -0.05) is 24.1 Å². The van der Waals surface area contributed by atoms with E-state index in [9.17, 15) is 0 Å². The van der Waals surface area contributed by atoms with Crippen molar-refractivity contribution in [1.29, 1.82) is 0 Å². The van der Waals surface area contributed by atoms with Gasteiger partial charge in [0.05, 0.1) is 0 Å². The minimum atomic E-state index is 0.700. The zero-order valence-electron chi connectivity index (χ0n) is 11.4. The predicted octanol–water partition coefficient (Wildman–Crippen LogP) is 2.89. The summed E-state index contributed by atoms with van der Waals surface area (Å²) in [5.74, 6) is 0. The molecule has 1 unspecified atom stereocenters. The van der Waals surface area contributed by atoms with E-state index in [4.69, 9.17) is 0 Å². The van der Waals surface area contributed by atoms with E-state index in [-0.39, 0.29) is 0 Å². The summed E-state index contributed by atoms with van der Waals surface area (Å²) in [6.07, 6.45) is 6.66. The van der Waals surface area contributed by atoms with Crippen LogP contribution >= 0.6 is 0 Å². The van der Waals surface area contributed by atoms with Gasteiger partial charge < -0.3 is 10.2 Å². The summed E-state index contributed by atoms with van der Waals surface area (Å²) in [5.41, 5.74) is 4.43. The second-order valence-corrected chi connectivity index (χ2v) is 5.83. The quantitative estimate of drug-likeness (QED) is 0.860. The lowest BCUT2D eigenvalue weighted by atomic mass is 9.98. The Morgan fingerprint density at radius 2 is 2.22 bits per heavy atom. The van der Waals surface area contributed by atoms with Crippen LogP contribution in [-0.2, 0) is 6.42 Å². The molecule has 0 saturated carbocycles. The summed E-state index contributed by atoms with van der Waals surface area (Å²) in [6, 6.07) is 7.65. The van der Waals surface area contributed by atoms with Crippen molar-refractivity contribution in [3.8, 4) is 0 Å². The van der Waals surface area contributed by atoms with Crippen LogP contribution < -0.4 is 10.2 Å². The maximum Gasteiger partial charge on any atom is 0.0399 e. The molecule has 0 spiro atoms. The fourth-order valence-corrected chi connectivity index (χ4v) is 3.34. The number of hydrogen-bond acceptors (Lipinski definition) is 2. The average Bonchev–Trinajstić information content (AvgIpc) is 2.40. The zero-order valence-corrected chi connectivity index (χ0v) is 11.4. The molecule has 3 rings (SSSR count). The van der Waals surface area contributed by atoms with Gasteiger partial charge in [-0.25, -0.2) is 0 Å². The van der Waals surface area contributed by atoms with Crippen LogP contribution in [-0.4, -0.2) is 25.7 Å². The molecule has 1 N–H and O–H groups in total. The molecule has 98 valence electrons. The van der Waals surface area contributed by atoms with Crippen molar-refractivity contribution in [3.05, 3.63) is 29.3 Å². The van der Waals surface area contributed by atoms with Crippen LogP contribution in [0, 0.1) is 6.92 Å². The van der Waals surface area contributed by atoms with Gasteiger partial charge in [-0.2, -0.15) is 0 Å². The molecule has 2 aliphatic rings. The van der Waals surface area contributed by atoms with Gasteiger partial charge in [0, 0.05) is 24.8 Å². The molecule has 18 heavy (non-hydrogen) atoms. The first-order valence-electron chi connectivity index (χ1n) is 7.41. The smallest absolute Gasteiger partial charge is 0.0399 e. The number of piperidine rings is 1. The maximum absolute atomic E-state index is 3.67. The molecule has 2 heterocycles. The lowest BCUT2D eigenvalue weighted by molar-refractivity contribution is 0.397. The average molecular weight is 244 g/mol.